The molecule has 0 amide bonds. The molecule has 2 nitrogen and oxygen atoms in total. The molecule has 0 saturated carbocycles. The molecular formula is C36H30N2P2. The average Bonchev–Trinajstić information content (AvgIpc) is 3.05. The quantitative estimate of drug-likeness (QED) is 0.173. The van der Waals surface area contributed by atoms with Crippen LogP contribution in [0.1, 0.15) is 22.6 Å². The van der Waals surface area contributed by atoms with E-state index in [1.165, 1.54) is 26.8 Å². The molecule has 2 atom stereocenters. The topological polar surface area (TPSA) is 25.8 Å². The molecule has 2 aromatic heterocycles. The van der Waals surface area contributed by atoms with Gasteiger partial charge in [-0.15, -0.1) is 0 Å². The number of rotatable bonds is 9. The maximum absolute atomic E-state index is 5.07. The standard InChI is InChI=1S/C36H30N2P2/c1-5-17-30(18-6-1)39(31-19-7-2-8-20-31)35(29-16-15-26-37-28-29)36(34-25-13-14-27-38-34)40(32-21-9-3-10-22-32)33-23-11-4-12-24-33/h1-28,35-36H/t35-,36+/m1/s1. The third kappa shape index (κ3) is 5.80. The van der Waals surface area contributed by atoms with Crippen LogP contribution in [0.4, 0.5) is 0 Å². The maximum Gasteiger partial charge on any atom is 0.0493 e. The summed E-state index contributed by atoms with van der Waals surface area (Å²) in [5, 5.41) is 5.41. The van der Waals surface area contributed by atoms with Crippen LogP contribution in [-0.2, 0) is 0 Å². The van der Waals surface area contributed by atoms with Crippen LogP contribution in [0.25, 0.3) is 0 Å². The van der Waals surface area contributed by atoms with Crippen LogP contribution in [0, 0.1) is 0 Å². The molecule has 6 rings (SSSR count). The van der Waals surface area contributed by atoms with Crippen molar-refractivity contribution in [2.75, 3.05) is 0 Å². The fraction of sp³-hybridized carbons (Fsp3) is 0.0556. The van der Waals surface area contributed by atoms with Crippen molar-refractivity contribution in [3.05, 3.63) is 182 Å². The second kappa shape index (κ2) is 12.9. The largest absolute Gasteiger partial charge is 0.264 e. The van der Waals surface area contributed by atoms with Crippen LogP contribution in [0.15, 0.2) is 170 Å². The van der Waals surface area contributed by atoms with E-state index in [1.54, 1.807) is 0 Å². The Morgan fingerprint density at radius 3 is 1.25 bits per heavy atom. The molecule has 0 N–H and O–H groups in total. The zero-order valence-corrected chi connectivity index (χ0v) is 23.9. The first kappa shape index (κ1) is 26.3. The van der Waals surface area contributed by atoms with Gasteiger partial charge in [-0.25, -0.2) is 0 Å². The molecule has 0 spiro atoms. The first-order chi connectivity index (χ1) is 19.9. The van der Waals surface area contributed by atoms with Gasteiger partial charge in [-0.1, -0.05) is 133 Å². The fourth-order valence-electron chi connectivity index (χ4n) is 5.30. The van der Waals surface area contributed by atoms with Crippen LogP contribution in [0.2, 0.25) is 0 Å². The monoisotopic (exact) mass is 552 g/mol. The SMILES string of the molecule is c1ccc(P(c2ccccc2)[C@H](c2cccnc2)[C@H](c2ccccn2)P(c2ccccc2)c2ccccc2)cc1. The average molecular weight is 553 g/mol. The summed E-state index contributed by atoms with van der Waals surface area (Å²) in [4.78, 5) is 9.73. The van der Waals surface area contributed by atoms with Crippen LogP contribution in [-0.4, -0.2) is 9.97 Å². The lowest BCUT2D eigenvalue weighted by atomic mass is 10.1. The lowest BCUT2D eigenvalue weighted by Crippen LogP contribution is -2.26. The van der Waals surface area contributed by atoms with Crippen LogP contribution >= 0.6 is 15.8 Å². The second-order valence-corrected chi connectivity index (χ2v) is 14.2. The van der Waals surface area contributed by atoms with Crippen molar-refractivity contribution >= 4 is 37.1 Å². The van der Waals surface area contributed by atoms with Gasteiger partial charge in [-0.2, -0.15) is 0 Å². The van der Waals surface area contributed by atoms with Crippen molar-refractivity contribution in [1.29, 1.82) is 0 Å². The molecule has 2 heterocycles. The Morgan fingerprint density at radius 1 is 0.400 bits per heavy atom. The minimum atomic E-state index is -0.841. The van der Waals surface area contributed by atoms with Crippen molar-refractivity contribution in [2.24, 2.45) is 0 Å². The Morgan fingerprint density at radius 2 is 0.850 bits per heavy atom. The maximum atomic E-state index is 5.07. The van der Waals surface area contributed by atoms with Gasteiger partial charge in [0.15, 0.2) is 0 Å². The summed E-state index contributed by atoms with van der Waals surface area (Å²) >= 11 is 0. The first-order valence-electron chi connectivity index (χ1n) is 13.5. The van der Waals surface area contributed by atoms with Crippen molar-refractivity contribution in [1.82, 2.24) is 9.97 Å². The molecule has 0 aliphatic carbocycles. The smallest absolute Gasteiger partial charge is 0.0493 e. The van der Waals surface area contributed by atoms with Gasteiger partial charge in [-0.3, -0.25) is 9.97 Å². The van der Waals surface area contributed by atoms with Crippen molar-refractivity contribution in [3.63, 3.8) is 0 Å². The second-order valence-electron chi connectivity index (χ2n) is 9.51. The minimum absolute atomic E-state index is 0.108. The number of benzene rings is 4. The molecule has 0 fully saturated rings. The van der Waals surface area contributed by atoms with E-state index in [4.69, 9.17) is 4.98 Å². The van der Waals surface area contributed by atoms with Gasteiger partial charge in [0, 0.05) is 35.6 Å². The van der Waals surface area contributed by atoms with Gasteiger partial charge in [0.05, 0.1) is 0 Å². The molecule has 6 aromatic rings. The number of hydrogen-bond acceptors (Lipinski definition) is 2. The summed E-state index contributed by atoms with van der Waals surface area (Å²) in [6, 6.07) is 54.8. The highest BCUT2D eigenvalue weighted by atomic mass is 31.1. The van der Waals surface area contributed by atoms with Crippen LogP contribution in [0.3, 0.4) is 0 Å². The highest BCUT2D eigenvalue weighted by molar-refractivity contribution is 7.77. The molecule has 4 heteroatoms. The van der Waals surface area contributed by atoms with E-state index in [2.05, 4.69) is 157 Å². The molecule has 0 unspecified atom stereocenters. The van der Waals surface area contributed by atoms with Crippen molar-refractivity contribution in [3.8, 4) is 0 Å². The molecule has 0 saturated heterocycles. The van der Waals surface area contributed by atoms with Gasteiger partial charge < -0.3 is 0 Å². The van der Waals surface area contributed by atoms with Crippen molar-refractivity contribution in [2.45, 2.75) is 11.3 Å². The van der Waals surface area contributed by atoms with Crippen LogP contribution < -0.4 is 21.2 Å². The van der Waals surface area contributed by atoms with Gasteiger partial charge in [0.2, 0.25) is 0 Å². The van der Waals surface area contributed by atoms with E-state index in [0.29, 0.717) is 0 Å². The van der Waals surface area contributed by atoms with E-state index >= 15 is 0 Å². The molecule has 0 bridgehead atoms. The molecule has 0 aliphatic rings. The third-order valence-electron chi connectivity index (χ3n) is 7.01. The molecule has 0 aliphatic heterocycles. The third-order valence-corrected chi connectivity index (χ3v) is 12.9. The van der Waals surface area contributed by atoms with E-state index in [9.17, 15) is 0 Å². The molecule has 40 heavy (non-hydrogen) atoms. The van der Waals surface area contributed by atoms with Gasteiger partial charge in [0.1, 0.15) is 0 Å². The molecule has 194 valence electrons. The van der Waals surface area contributed by atoms with E-state index in [1.807, 2.05) is 18.5 Å². The zero-order valence-electron chi connectivity index (χ0n) is 22.1. The number of hydrogen-bond donors (Lipinski definition) is 0. The first-order valence-corrected chi connectivity index (χ1v) is 16.3. The fourth-order valence-corrected chi connectivity index (χ4v) is 11.7. The van der Waals surface area contributed by atoms with E-state index < -0.39 is 15.8 Å². The molecule has 0 radical (unpaired) electrons. The van der Waals surface area contributed by atoms with E-state index in [0.717, 1.165) is 5.69 Å². The van der Waals surface area contributed by atoms with Gasteiger partial charge >= 0.3 is 0 Å². The minimum Gasteiger partial charge on any atom is -0.264 e. The number of aromatic nitrogens is 2. The predicted molar refractivity (Wildman–Crippen MR) is 172 cm³/mol. The molecule has 4 aromatic carbocycles. The summed E-state index contributed by atoms with van der Waals surface area (Å²) in [6.45, 7) is 0. The van der Waals surface area contributed by atoms with E-state index in [-0.39, 0.29) is 11.3 Å². The lowest BCUT2D eigenvalue weighted by Gasteiger charge is -2.39. The summed E-state index contributed by atoms with van der Waals surface area (Å²) in [5.41, 5.74) is 2.61. The highest BCUT2D eigenvalue weighted by Gasteiger charge is 2.40. The molecular weight excluding hydrogens is 522 g/mol. The van der Waals surface area contributed by atoms with Crippen LogP contribution in [0.5, 0.6) is 0 Å². The Labute approximate surface area is 239 Å². The summed E-state index contributed by atoms with van der Waals surface area (Å²) in [7, 11) is -1.67. The van der Waals surface area contributed by atoms with Gasteiger partial charge in [-0.05, 0) is 60.8 Å². The van der Waals surface area contributed by atoms with Crippen molar-refractivity contribution < 1.29 is 0 Å². The Bertz CT molecular complexity index is 1380. The summed E-state index contributed by atoms with van der Waals surface area (Å²) in [6.07, 6.45) is 5.89. The highest BCUT2D eigenvalue weighted by Crippen LogP contribution is 2.66. The Kier molecular flexibility index (Phi) is 8.49. The Hall–Kier alpha value is -3.96. The number of pyridine rings is 2. The number of nitrogens with zero attached hydrogens (tertiary/aromatic N) is 2. The lowest BCUT2D eigenvalue weighted by molar-refractivity contribution is 0.848. The van der Waals surface area contributed by atoms with Gasteiger partial charge in [0.25, 0.3) is 0 Å². The normalized spacial score (nSPS) is 12.8. The predicted octanol–water partition coefficient (Wildman–Crippen LogP) is 7.52. The zero-order chi connectivity index (χ0) is 27.0. The Balaban J connectivity index is 1.67. The summed E-state index contributed by atoms with van der Waals surface area (Å²) in [5.74, 6) is 0. The summed E-state index contributed by atoms with van der Waals surface area (Å²) < 4.78 is 0.